The van der Waals surface area contributed by atoms with Gasteiger partial charge in [0.2, 0.25) is 0 Å². The zero-order valence-corrected chi connectivity index (χ0v) is 18.3. The smallest absolute Gasteiger partial charge is 0.198 e. The first kappa shape index (κ1) is 19.4. The number of hydrogen-bond acceptors (Lipinski definition) is 7. The second-order valence-electron chi connectivity index (χ2n) is 7.59. The van der Waals surface area contributed by atoms with Crippen molar-refractivity contribution in [2.45, 2.75) is 6.92 Å². The minimum Gasteiger partial charge on any atom is -0.345 e. The summed E-state index contributed by atoms with van der Waals surface area (Å²) in [6, 6.07) is 11.9. The molecule has 1 aromatic carbocycles. The highest BCUT2D eigenvalue weighted by Crippen LogP contribution is 2.36. The van der Waals surface area contributed by atoms with Crippen molar-refractivity contribution in [3.05, 3.63) is 88.9 Å². The van der Waals surface area contributed by atoms with Gasteiger partial charge in [-0.2, -0.15) is 0 Å². The summed E-state index contributed by atoms with van der Waals surface area (Å²) < 4.78 is 0. The predicted octanol–water partition coefficient (Wildman–Crippen LogP) is 5.03. The fourth-order valence-electron chi connectivity index (χ4n) is 3.92. The van der Waals surface area contributed by atoms with Crippen LogP contribution >= 0.6 is 11.3 Å². The molecule has 0 bridgehead atoms. The van der Waals surface area contributed by atoms with E-state index in [1.165, 1.54) is 6.33 Å². The molecule has 6 aromatic rings. The molecule has 0 unspecified atom stereocenters. The van der Waals surface area contributed by atoms with Gasteiger partial charge in [-0.1, -0.05) is 12.1 Å². The monoisotopic (exact) mass is 448 g/mol. The SMILES string of the molecule is Cc1ncc(-c2nc3[nH]cc(-c4cncnc4)c(=O)c3cc2-c2ccc3ncccc3c2)s1. The molecule has 0 radical (unpaired) electrons. The first-order valence-corrected chi connectivity index (χ1v) is 11.1. The number of nitrogens with one attached hydrogen (secondary N) is 1. The Labute approximate surface area is 191 Å². The predicted molar refractivity (Wildman–Crippen MR) is 130 cm³/mol. The summed E-state index contributed by atoms with van der Waals surface area (Å²) in [6.07, 6.45) is 9.97. The summed E-state index contributed by atoms with van der Waals surface area (Å²) in [4.78, 5) is 39.4. The van der Waals surface area contributed by atoms with Gasteiger partial charge in [0, 0.05) is 53.1 Å². The molecule has 7 nitrogen and oxygen atoms in total. The van der Waals surface area contributed by atoms with Crippen molar-refractivity contribution in [1.29, 1.82) is 0 Å². The number of H-pyrrole nitrogens is 1. The Hall–Kier alpha value is -4.30. The van der Waals surface area contributed by atoms with Gasteiger partial charge in [0.1, 0.15) is 12.0 Å². The molecular formula is C25H16N6OS. The molecule has 0 saturated carbocycles. The molecule has 8 heteroatoms. The van der Waals surface area contributed by atoms with E-state index in [0.717, 1.165) is 37.6 Å². The average Bonchev–Trinajstić information content (AvgIpc) is 3.30. The molecule has 0 aliphatic heterocycles. The van der Waals surface area contributed by atoms with Crippen LogP contribution in [0.25, 0.3) is 54.8 Å². The molecule has 0 amide bonds. The summed E-state index contributed by atoms with van der Waals surface area (Å²) in [7, 11) is 0. The van der Waals surface area contributed by atoms with Gasteiger partial charge in [0.25, 0.3) is 0 Å². The molecule has 6 rings (SSSR count). The second kappa shape index (κ2) is 7.68. The van der Waals surface area contributed by atoms with Crippen LogP contribution in [0, 0.1) is 6.92 Å². The number of thiazole rings is 1. The summed E-state index contributed by atoms with van der Waals surface area (Å²) in [5.41, 5.74) is 5.07. The number of rotatable bonds is 3. The van der Waals surface area contributed by atoms with Crippen molar-refractivity contribution in [3.8, 4) is 32.8 Å². The number of fused-ring (bicyclic) bond motifs is 2. The zero-order valence-electron chi connectivity index (χ0n) is 17.5. The summed E-state index contributed by atoms with van der Waals surface area (Å²) in [6.45, 7) is 1.96. The van der Waals surface area contributed by atoms with E-state index < -0.39 is 0 Å². The molecule has 158 valence electrons. The Morgan fingerprint density at radius 2 is 1.82 bits per heavy atom. The molecule has 0 aliphatic rings. The minimum atomic E-state index is -0.123. The molecule has 0 saturated heterocycles. The molecule has 5 heterocycles. The van der Waals surface area contributed by atoms with E-state index in [1.807, 2.05) is 43.5 Å². The van der Waals surface area contributed by atoms with Gasteiger partial charge in [-0.3, -0.25) is 9.78 Å². The van der Waals surface area contributed by atoms with Crippen LogP contribution in [-0.4, -0.2) is 29.9 Å². The Balaban J connectivity index is 1.65. The van der Waals surface area contributed by atoms with Crippen molar-refractivity contribution >= 4 is 33.3 Å². The van der Waals surface area contributed by atoms with Gasteiger partial charge in [-0.25, -0.2) is 19.9 Å². The number of hydrogen-bond donors (Lipinski definition) is 1. The number of nitrogens with zero attached hydrogens (tertiary/aromatic N) is 5. The maximum absolute atomic E-state index is 13.4. The van der Waals surface area contributed by atoms with Crippen LogP contribution < -0.4 is 5.43 Å². The van der Waals surface area contributed by atoms with Crippen LogP contribution in [0.1, 0.15) is 5.01 Å². The van der Waals surface area contributed by atoms with Crippen molar-refractivity contribution in [1.82, 2.24) is 29.9 Å². The van der Waals surface area contributed by atoms with Gasteiger partial charge in [-0.15, -0.1) is 11.3 Å². The van der Waals surface area contributed by atoms with E-state index in [0.29, 0.717) is 22.2 Å². The Bertz CT molecular complexity index is 1710. The first-order chi connectivity index (χ1) is 16.2. The summed E-state index contributed by atoms with van der Waals surface area (Å²) in [5.74, 6) is 0. The third-order valence-corrected chi connectivity index (χ3v) is 6.42. The Morgan fingerprint density at radius 1 is 0.939 bits per heavy atom. The van der Waals surface area contributed by atoms with Crippen molar-refractivity contribution in [2.75, 3.05) is 0 Å². The van der Waals surface area contributed by atoms with Crippen molar-refractivity contribution in [3.63, 3.8) is 0 Å². The fraction of sp³-hybridized carbons (Fsp3) is 0.0400. The van der Waals surface area contributed by atoms with E-state index in [1.54, 1.807) is 36.1 Å². The fourth-order valence-corrected chi connectivity index (χ4v) is 4.70. The maximum Gasteiger partial charge on any atom is 0.198 e. The standard InChI is InChI=1S/C25H16N6OS/c1-14-29-12-22(33-14)23-18(15-4-5-21-16(7-15)3-2-6-28-21)8-19-24(32)20(11-30-25(19)31-23)17-9-26-13-27-10-17/h2-13H,1H3,(H,30,31,32). The van der Waals surface area contributed by atoms with Gasteiger partial charge in [0.05, 0.1) is 26.5 Å². The van der Waals surface area contributed by atoms with Crippen LogP contribution in [0.5, 0.6) is 0 Å². The third kappa shape index (κ3) is 3.37. The number of pyridine rings is 3. The second-order valence-corrected chi connectivity index (χ2v) is 8.83. The van der Waals surface area contributed by atoms with E-state index in [4.69, 9.17) is 4.98 Å². The highest BCUT2D eigenvalue weighted by atomic mass is 32.1. The Morgan fingerprint density at radius 3 is 2.64 bits per heavy atom. The van der Waals surface area contributed by atoms with Gasteiger partial charge in [-0.05, 0) is 36.8 Å². The maximum atomic E-state index is 13.4. The third-order valence-electron chi connectivity index (χ3n) is 5.51. The average molecular weight is 449 g/mol. The topological polar surface area (TPSA) is 97.3 Å². The van der Waals surface area contributed by atoms with Crippen LogP contribution in [0.4, 0.5) is 0 Å². The van der Waals surface area contributed by atoms with E-state index in [2.05, 4.69) is 31.0 Å². The molecule has 0 fully saturated rings. The lowest BCUT2D eigenvalue weighted by molar-refractivity contribution is 1.17. The van der Waals surface area contributed by atoms with E-state index in [9.17, 15) is 4.79 Å². The highest BCUT2D eigenvalue weighted by Gasteiger charge is 2.17. The summed E-state index contributed by atoms with van der Waals surface area (Å²) >= 11 is 1.57. The van der Waals surface area contributed by atoms with Crippen molar-refractivity contribution in [2.24, 2.45) is 0 Å². The van der Waals surface area contributed by atoms with Gasteiger partial charge in [0.15, 0.2) is 5.43 Å². The number of benzene rings is 1. The number of aryl methyl sites for hydroxylation is 1. The van der Waals surface area contributed by atoms with Crippen LogP contribution in [0.2, 0.25) is 0 Å². The van der Waals surface area contributed by atoms with Gasteiger partial charge < -0.3 is 4.98 Å². The quantitative estimate of drug-likeness (QED) is 0.408. The minimum absolute atomic E-state index is 0.123. The zero-order chi connectivity index (χ0) is 22.4. The number of aromatic amines is 1. The molecule has 1 N–H and O–H groups in total. The molecule has 5 aromatic heterocycles. The van der Waals surface area contributed by atoms with Crippen LogP contribution in [-0.2, 0) is 0 Å². The van der Waals surface area contributed by atoms with Gasteiger partial charge >= 0.3 is 0 Å². The lowest BCUT2D eigenvalue weighted by Crippen LogP contribution is -2.08. The van der Waals surface area contributed by atoms with E-state index in [-0.39, 0.29) is 5.43 Å². The molecule has 0 aliphatic carbocycles. The largest absolute Gasteiger partial charge is 0.345 e. The molecule has 0 spiro atoms. The van der Waals surface area contributed by atoms with Crippen LogP contribution in [0.3, 0.4) is 0 Å². The highest BCUT2D eigenvalue weighted by molar-refractivity contribution is 7.15. The first-order valence-electron chi connectivity index (χ1n) is 10.3. The lowest BCUT2D eigenvalue weighted by atomic mass is 9.99. The Kier molecular flexibility index (Phi) is 4.51. The summed E-state index contributed by atoms with van der Waals surface area (Å²) in [5, 5.41) is 2.47. The lowest BCUT2D eigenvalue weighted by Gasteiger charge is -2.11. The van der Waals surface area contributed by atoms with Crippen molar-refractivity contribution < 1.29 is 0 Å². The normalized spacial score (nSPS) is 11.3. The molecular weight excluding hydrogens is 432 g/mol. The van der Waals surface area contributed by atoms with E-state index >= 15 is 0 Å². The molecule has 33 heavy (non-hydrogen) atoms. The van der Waals surface area contributed by atoms with Crippen LogP contribution in [0.15, 0.2) is 78.5 Å². The molecule has 0 atom stereocenters. The number of aromatic nitrogens is 6.